The lowest BCUT2D eigenvalue weighted by Gasteiger charge is -2.11. The highest BCUT2D eigenvalue weighted by molar-refractivity contribution is 6.66. The number of benzene rings is 3. The van der Waals surface area contributed by atoms with Gasteiger partial charge in [0.1, 0.15) is 5.75 Å². The first-order valence-corrected chi connectivity index (χ1v) is 11.5. The van der Waals surface area contributed by atoms with Crippen molar-refractivity contribution in [2.45, 2.75) is 6.42 Å². The standard InChI is InChI=1S/C28H25N3O8/c1-4-18-9-11-19(12-10-18)28(34)39-17-24(33)27(23(32)15-20-7-5-6-8-25(20)37-2)30-29-22-14-13-21(31(35)36)16-26(22)38-3/h4-14,16,29H,1,15,17H2,2-3H3/b30-27-. The second-order valence-electron chi connectivity index (χ2n) is 7.95. The third-order valence-electron chi connectivity index (χ3n) is 5.47. The number of esters is 1. The van der Waals surface area contributed by atoms with Gasteiger partial charge < -0.3 is 14.2 Å². The number of para-hydroxylation sites is 1. The van der Waals surface area contributed by atoms with Crippen LogP contribution in [0, 0.1) is 10.1 Å². The molecule has 3 rings (SSSR count). The fourth-order valence-electron chi connectivity index (χ4n) is 3.43. The molecular weight excluding hydrogens is 506 g/mol. The lowest BCUT2D eigenvalue weighted by atomic mass is 10.0. The Kier molecular flexibility index (Phi) is 9.63. The molecule has 0 heterocycles. The summed E-state index contributed by atoms with van der Waals surface area (Å²) in [5.74, 6) is -1.80. The lowest BCUT2D eigenvalue weighted by molar-refractivity contribution is -0.384. The van der Waals surface area contributed by atoms with Crippen LogP contribution >= 0.6 is 0 Å². The Morgan fingerprint density at radius 1 is 0.974 bits per heavy atom. The number of nitro benzene ring substituents is 1. The molecule has 1 N–H and O–H groups in total. The van der Waals surface area contributed by atoms with Crippen LogP contribution < -0.4 is 14.9 Å². The first kappa shape index (κ1) is 28.3. The van der Waals surface area contributed by atoms with E-state index in [1.807, 2.05) is 0 Å². The van der Waals surface area contributed by atoms with Crippen molar-refractivity contribution < 1.29 is 33.5 Å². The number of Topliss-reactive ketones (excluding diaryl/α,β-unsaturated/α-hetero) is 2. The Hall–Kier alpha value is -5.32. The zero-order valence-electron chi connectivity index (χ0n) is 21.2. The molecule has 0 unspecified atom stereocenters. The van der Waals surface area contributed by atoms with Crippen LogP contribution in [0.5, 0.6) is 11.5 Å². The Bertz CT molecular complexity index is 1430. The van der Waals surface area contributed by atoms with E-state index in [9.17, 15) is 24.5 Å². The molecule has 3 aromatic carbocycles. The molecule has 0 fully saturated rings. The number of carbonyl (C=O) groups excluding carboxylic acids is 3. The SMILES string of the molecule is C=Cc1ccc(C(=O)OCC(=O)/C(=N\Nc2ccc([N+](=O)[O-])cc2OC)C(=O)Cc2ccccc2OC)cc1. The van der Waals surface area contributed by atoms with E-state index in [4.69, 9.17) is 14.2 Å². The minimum atomic E-state index is -0.862. The number of rotatable bonds is 13. The quantitative estimate of drug-likeness (QED) is 0.112. The second kappa shape index (κ2) is 13.3. The monoisotopic (exact) mass is 531 g/mol. The number of anilines is 1. The van der Waals surface area contributed by atoms with Gasteiger partial charge in [0.15, 0.2) is 23.9 Å². The number of methoxy groups -OCH3 is 2. The first-order valence-electron chi connectivity index (χ1n) is 11.5. The Balaban J connectivity index is 1.85. The van der Waals surface area contributed by atoms with E-state index in [-0.39, 0.29) is 29.1 Å². The number of carbonyl (C=O) groups is 3. The van der Waals surface area contributed by atoms with Crippen LogP contribution in [0.25, 0.3) is 6.08 Å². The zero-order chi connectivity index (χ0) is 28.4. The van der Waals surface area contributed by atoms with Gasteiger partial charge in [-0.15, -0.1) is 0 Å². The van der Waals surface area contributed by atoms with E-state index in [0.717, 1.165) is 11.6 Å². The van der Waals surface area contributed by atoms with Crippen molar-refractivity contribution in [3.05, 3.63) is 100 Å². The summed E-state index contributed by atoms with van der Waals surface area (Å²) in [6.45, 7) is 2.89. The number of non-ortho nitro benzene ring substituents is 1. The van der Waals surface area contributed by atoms with E-state index < -0.39 is 34.8 Å². The maximum atomic E-state index is 13.2. The fourth-order valence-corrected chi connectivity index (χ4v) is 3.43. The predicted octanol–water partition coefficient (Wildman–Crippen LogP) is 4.26. The summed E-state index contributed by atoms with van der Waals surface area (Å²) in [6, 6.07) is 16.8. The van der Waals surface area contributed by atoms with E-state index >= 15 is 0 Å². The number of hydrazone groups is 1. The molecule has 0 saturated carbocycles. The molecule has 39 heavy (non-hydrogen) atoms. The van der Waals surface area contributed by atoms with E-state index in [1.165, 1.54) is 38.5 Å². The van der Waals surface area contributed by atoms with Crippen molar-refractivity contribution in [1.82, 2.24) is 0 Å². The minimum Gasteiger partial charge on any atom is -0.496 e. The number of hydrogen-bond donors (Lipinski definition) is 1. The summed E-state index contributed by atoms with van der Waals surface area (Å²) < 4.78 is 15.6. The fraction of sp³-hybridized carbons (Fsp3) is 0.143. The number of nitrogens with zero attached hydrogens (tertiary/aromatic N) is 2. The van der Waals surface area contributed by atoms with Gasteiger partial charge in [-0.1, -0.05) is 43.0 Å². The van der Waals surface area contributed by atoms with E-state index in [2.05, 4.69) is 17.1 Å². The molecule has 0 saturated heterocycles. The molecule has 0 atom stereocenters. The summed E-state index contributed by atoms with van der Waals surface area (Å²) in [6.07, 6.45) is 1.38. The van der Waals surface area contributed by atoms with Crippen LogP contribution in [0.4, 0.5) is 11.4 Å². The van der Waals surface area contributed by atoms with E-state index in [1.54, 1.807) is 42.5 Å². The number of hydrogen-bond acceptors (Lipinski definition) is 10. The van der Waals surface area contributed by atoms with Gasteiger partial charge in [0.25, 0.3) is 5.69 Å². The molecule has 3 aromatic rings. The summed E-state index contributed by atoms with van der Waals surface area (Å²) >= 11 is 0. The third-order valence-corrected chi connectivity index (χ3v) is 5.47. The lowest BCUT2D eigenvalue weighted by Crippen LogP contribution is -2.31. The molecule has 0 spiro atoms. The van der Waals surface area contributed by atoms with Gasteiger partial charge in [-0.25, -0.2) is 4.79 Å². The molecule has 0 bridgehead atoms. The molecule has 0 amide bonds. The molecule has 0 aliphatic carbocycles. The highest BCUT2D eigenvalue weighted by atomic mass is 16.6. The van der Waals surface area contributed by atoms with Crippen LogP contribution in [0.3, 0.4) is 0 Å². The van der Waals surface area contributed by atoms with E-state index in [0.29, 0.717) is 11.3 Å². The second-order valence-corrected chi connectivity index (χ2v) is 7.95. The minimum absolute atomic E-state index is 0.0614. The van der Waals surface area contributed by atoms with Crippen molar-refractivity contribution in [2.24, 2.45) is 5.10 Å². The van der Waals surface area contributed by atoms with Crippen LogP contribution in [0.1, 0.15) is 21.5 Å². The van der Waals surface area contributed by atoms with Crippen molar-refractivity contribution in [3.63, 3.8) is 0 Å². The van der Waals surface area contributed by atoms with Crippen molar-refractivity contribution >= 4 is 40.7 Å². The molecule has 0 aliphatic rings. The largest absolute Gasteiger partial charge is 0.496 e. The molecule has 11 nitrogen and oxygen atoms in total. The number of ketones is 2. The molecule has 200 valence electrons. The van der Waals surface area contributed by atoms with Crippen molar-refractivity contribution in [3.8, 4) is 11.5 Å². The summed E-state index contributed by atoms with van der Waals surface area (Å²) in [5, 5.41) is 15.0. The third kappa shape index (κ3) is 7.35. The van der Waals surface area contributed by atoms with Gasteiger partial charge in [-0.3, -0.25) is 25.1 Å². The van der Waals surface area contributed by atoms with Crippen LogP contribution in [0.15, 0.2) is 78.4 Å². The highest BCUT2D eigenvalue weighted by Crippen LogP contribution is 2.29. The van der Waals surface area contributed by atoms with Gasteiger partial charge in [0, 0.05) is 18.1 Å². The van der Waals surface area contributed by atoms with Crippen molar-refractivity contribution in [2.75, 3.05) is 26.3 Å². The van der Waals surface area contributed by atoms with Crippen LogP contribution in [0.2, 0.25) is 0 Å². The van der Waals surface area contributed by atoms with Gasteiger partial charge in [-0.2, -0.15) is 5.10 Å². The normalized spacial score (nSPS) is 10.8. The molecule has 0 aromatic heterocycles. The molecule has 0 aliphatic heterocycles. The van der Waals surface area contributed by atoms with Crippen molar-refractivity contribution in [1.29, 1.82) is 0 Å². The van der Waals surface area contributed by atoms with Gasteiger partial charge in [-0.05, 0) is 29.8 Å². The Labute approximate surface area is 223 Å². The average Bonchev–Trinajstić information content (AvgIpc) is 2.96. The number of ether oxygens (including phenoxy) is 3. The maximum absolute atomic E-state index is 13.2. The van der Waals surface area contributed by atoms with Crippen LogP contribution in [-0.2, 0) is 20.7 Å². The highest BCUT2D eigenvalue weighted by Gasteiger charge is 2.24. The van der Waals surface area contributed by atoms with Gasteiger partial charge in [0.05, 0.1) is 36.5 Å². The predicted molar refractivity (Wildman–Crippen MR) is 144 cm³/mol. The Morgan fingerprint density at radius 3 is 2.31 bits per heavy atom. The van der Waals surface area contributed by atoms with Gasteiger partial charge >= 0.3 is 5.97 Å². The average molecular weight is 532 g/mol. The smallest absolute Gasteiger partial charge is 0.338 e. The van der Waals surface area contributed by atoms with Crippen LogP contribution in [-0.4, -0.2) is 49.0 Å². The molecular formula is C28H25N3O8. The summed E-state index contributed by atoms with van der Waals surface area (Å²) in [4.78, 5) is 49.2. The Morgan fingerprint density at radius 2 is 1.67 bits per heavy atom. The number of nitro groups is 1. The first-order chi connectivity index (χ1) is 18.8. The summed E-state index contributed by atoms with van der Waals surface area (Å²) in [7, 11) is 2.75. The number of nitrogens with one attached hydrogen (secondary N) is 1. The topological polar surface area (TPSA) is 146 Å². The summed E-state index contributed by atoms with van der Waals surface area (Å²) in [5.41, 5.74) is 3.48. The molecule has 11 heteroatoms. The molecule has 0 radical (unpaired) electrons. The van der Waals surface area contributed by atoms with Gasteiger partial charge in [0.2, 0.25) is 5.78 Å². The maximum Gasteiger partial charge on any atom is 0.338 e. The zero-order valence-corrected chi connectivity index (χ0v) is 21.2.